The second kappa shape index (κ2) is 5.31. The van der Waals surface area contributed by atoms with Crippen LogP contribution in [-0.4, -0.2) is 17.5 Å². The SMILES string of the molecule is C[C@]12CCC(=O)C=C1CC[C@@H]1[C@@H]2CC[C@]2(C)C(=CCO)CC[C@@H]12. The Hall–Kier alpha value is -0.890. The van der Waals surface area contributed by atoms with E-state index in [1.807, 2.05) is 6.08 Å². The molecule has 3 saturated carbocycles. The van der Waals surface area contributed by atoms with Crippen LogP contribution in [0.2, 0.25) is 0 Å². The van der Waals surface area contributed by atoms with Crippen LogP contribution in [0, 0.1) is 28.6 Å². The minimum Gasteiger partial charge on any atom is -0.392 e. The number of hydrogen-bond acceptors (Lipinski definition) is 2. The fraction of sp³-hybridized carbons (Fsp3) is 0.762. The second-order valence-corrected chi connectivity index (χ2v) is 8.88. The molecule has 0 aliphatic heterocycles. The van der Waals surface area contributed by atoms with Gasteiger partial charge in [-0.3, -0.25) is 4.79 Å². The maximum Gasteiger partial charge on any atom is 0.155 e. The highest BCUT2D eigenvalue weighted by atomic mass is 16.2. The Labute approximate surface area is 140 Å². The zero-order valence-corrected chi connectivity index (χ0v) is 14.6. The van der Waals surface area contributed by atoms with Crippen molar-refractivity contribution < 1.29 is 9.90 Å². The highest BCUT2D eigenvalue weighted by Gasteiger charge is 2.57. The molecule has 5 atom stereocenters. The van der Waals surface area contributed by atoms with Gasteiger partial charge >= 0.3 is 0 Å². The van der Waals surface area contributed by atoms with Crippen LogP contribution in [0.5, 0.6) is 0 Å². The summed E-state index contributed by atoms with van der Waals surface area (Å²) in [5.41, 5.74) is 3.59. The average molecular weight is 314 g/mol. The Morgan fingerprint density at radius 3 is 2.65 bits per heavy atom. The molecule has 0 spiro atoms. The first kappa shape index (κ1) is 15.6. The van der Waals surface area contributed by atoms with Gasteiger partial charge in [-0.25, -0.2) is 0 Å². The van der Waals surface area contributed by atoms with Gasteiger partial charge in [-0.1, -0.05) is 31.1 Å². The molecule has 4 aliphatic rings. The van der Waals surface area contributed by atoms with E-state index < -0.39 is 0 Å². The van der Waals surface area contributed by atoms with E-state index >= 15 is 0 Å². The summed E-state index contributed by atoms with van der Waals surface area (Å²) in [7, 11) is 0. The van der Waals surface area contributed by atoms with E-state index in [2.05, 4.69) is 19.9 Å². The lowest BCUT2D eigenvalue weighted by atomic mass is 9.47. The van der Waals surface area contributed by atoms with E-state index in [0.29, 0.717) is 11.2 Å². The molecule has 2 nitrogen and oxygen atoms in total. The molecular weight excluding hydrogens is 284 g/mol. The van der Waals surface area contributed by atoms with Gasteiger partial charge in [0.15, 0.2) is 5.78 Å². The van der Waals surface area contributed by atoms with Crippen molar-refractivity contribution in [3.05, 3.63) is 23.3 Å². The normalized spacial score (nSPS) is 47.8. The molecule has 0 bridgehead atoms. The molecule has 0 aromatic rings. The lowest BCUT2D eigenvalue weighted by Crippen LogP contribution is -2.49. The first-order chi connectivity index (χ1) is 11.0. The lowest BCUT2D eigenvalue weighted by molar-refractivity contribution is -0.117. The molecule has 126 valence electrons. The van der Waals surface area contributed by atoms with Crippen LogP contribution < -0.4 is 0 Å². The Kier molecular flexibility index (Phi) is 3.61. The molecule has 0 aromatic heterocycles. The summed E-state index contributed by atoms with van der Waals surface area (Å²) in [6.45, 7) is 5.10. The van der Waals surface area contributed by atoms with Gasteiger partial charge in [-0.15, -0.1) is 0 Å². The van der Waals surface area contributed by atoms with Crippen LogP contribution >= 0.6 is 0 Å². The van der Waals surface area contributed by atoms with E-state index in [1.54, 1.807) is 0 Å². The molecule has 4 aliphatic carbocycles. The topological polar surface area (TPSA) is 37.3 Å². The summed E-state index contributed by atoms with van der Waals surface area (Å²) in [6.07, 6.45) is 13.4. The number of hydrogen-bond donors (Lipinski definition) is 1. The van der Waals surface area contributed by atoms with E-state index in [0.717, 1.165) is 37.0 Å². The summed E-state index contributed by atoms with van der Waals surface area (Å²) in [4.78, 5) is 11.9. The number of rotatable bonds is 1. The molecule has 0 radical (unpaired) electrons. The van der Waals surface area contributed by atoms with Gasteiger partial charge in [-0.05, 0) is 79.6 Å². The van der Waals surface area contributed by atoms with Gasteiger partial charge < -0.3 is 5.11 Å². The summed E-state index contributed by atoms with van der Waals surface area (Å²) in [5, 5.41) is 9.37. The van der Waals surface area contributed by atoms with Crippen LogP contribution in [0.4, 0.5) is 0 Å². The first-order valence-corrected chi connectivity index (χ1v) is 9.53. The van der Waals surface area contributed by atoms with Crippen molar-refractivity contribution >= 4 is 5.78 Å². The number of carbonyl (C=O) groups excluding carboxylic acids is 1. The number of aliphatic hydroxyl groups is 1. The van der Waals surface area contributed by atoms with Gasteiger partial charge in [0.1, 0.15) is 0 Å². The van der Waals surface area contributed by atoms with Crippen molar-refractivity contribution in [2.45, 2.75) is 65.2 Å². The Balaban J connectivity index is 1.67. The third-order valence-corrected chi connectivity index (χ3v) is 8.15. The Bertz CT molecular complexity index is 587. The molecule has 2 heteroatoms. The largest absolute Gasteiger partial charge is 0.392 e. The maximum atomic E-state index is 11.9. The molecule has 1 N–H and O–H groups in total. The number of aliphatic hydroxyl groups excluding tert-OH is 1. The van der Waals surface area contributed by atoms with Crippen molar-refractivity contribution in [1.29, 1.82) is 0 Å². The maximum absolute atomic E-state index is 11.9. The minimum absolute atomic E-state index is 0.193. The fourth-order valence-electron chi connectivity index (χ4n) is 6.85. The van der Waals surface area contributed by atoms with Crippen LogP contribution in [0.1, 0.15) is 65.2 Å². The summed E-state index contributed by atoms with van der Waals surface area (Å²) in [5.74, 6) is 2.72. The standard InChI is InChI=1S/C21H30O2/c1-20-11-8-19-17(18(20)6-4-14(20)9-12-22)5-3-15-13-16(23)7-10-21(15,19)2/h9,13,17-19,22H,3-8,10-12H2,1-2H3/t17-,18-,19-,20+,21-/m0/s1. The summed E-state index contributed by atoms with van der Waals surface area (Å²) >= 11 is 0. The van der Waals surface area contributed by atoms with E-state index in [9.17, 15) is 9.90 Å². The van der Waals surface area contributed by atoms with Crippen molar-refractivity contribution in [2.75, 3.05) is 6.61 Å². The van der Waals surface area contributed by atoms with Gasteiger partial charge in [0, 0.05) is 6.42 Å². The minimum atomic E-state index is 0.193. The van der Waals surface area contributed by atoms with Gasteiger partial charge in [0.25, 0.3) is 0 Å². The molecule has 4 rings (SSSR count). The molecular formula is C21H30O2. The zero-order chi connectivity index (χ0) is 16.2. The number of ketones is 1. The second-order valence-electron chi connectivity index (χ2n) is 8.88. The van der Waals surface area contributed by atoms with E-state index in [1.165, 1.54) is 43.3 Å². The first-order valence-electron chi connectivity index (χ1n) is 9.53. The average Bonchev–Trinajstić information content (AvgIpc) is 2.85. The summed E-state index contributed by atoms with van der Waals surface area (Å²) < 4.78 is 0. The lowest BCUT2D eigenvalue weighted by Gasteiger charge is -2.57. The predicted molar refractivity (Wildman–Crippen MR) is 91.9 cm³/mol. The number of allylic oxidation sites excluding steroid dienone is 2. The van der Waals surface area contributed by atoms with Crippen molar-refractivity contribution in [1.82, 2.24) is 0 Å². The highest BCUT2D eigenvalue weighted by molar-refractivity contribution is 5.91. The van der Waals surface area contributed by atoms with Crippen LogP contribution in [0.15, 0.2) is 23.3 Å². The molecule has 0 aromatic carbocycles. The van der Waals surface area contributed by atoms with Gasteiger partial charge in [0.2, 0.25) is 0 Å². The van der Waals surface area contributed by atoms with Crippen LogP contribution in [0.25, 0.3) is 0 Å². The van der Waals surface area contributed by atoms with Crippen LogP contribution in [0.3, 0.4) is 0 Å². The smallest absolute Gasteiger partial charge is 0.155 e. The van der Waals surface area contributed by atoms with Crippen molar-refractivity contribution in [3.63, 3.8) is 0 Å². The third-order valence-electron chi connectivity index (χ3n) is 8.15. The van der Waals surface area contributed by atoms with Crippen molar-refractivity contribution in [3.8, 4) is 0 Å². The fourth-order valence-corrected chi connectivity index (χ4v) is 6.85. The quantitative estimate of drug-likeness (QED) is 0.727. The van der Waals surface area contributed by atoms with Crippen molar-refractivity contribution in [2.24, 2.45) is 28.6 Å². The Morgan fingerprint density at radius 1 is 1.09 bits per heavy atom. The monoisotopic (exact) mass is 314 g/mol. The molecule has 0 unspecified atom stereocenters. The third kappa shape index (κ3) is 2.13. The molecule has 0 amide bonds. The molecule has 0 saturated heterocycles. The van der Waals surface area contributed by atoms with Gasteiger partial charge in [0.05, 0.1) is 6.61 Å². The zero-order valence-electron chi connectivity index (χ0n) is 14.6. The summed E-state index contributed by atoms with van der Waals surface area (Å²) in [6, 6.07) is 0. The van der Waals surface area contributed by atoms with E-state index in [-0.39, 0.29) is 12.0 Å². The number of fused-ring (bicyclic) bond motifs is 5. The number of carbonyl (C=O) groups is 1. The van der Waals surface area contributed by atoms with Crippen LogP contribution in [-0.2, 0) is 4.79 Å². The van der Waals surface area contributed by atoms with Gasteiger partial charge in [-0.2, -0.15) is 0 Å². The Morgan fingerprint density at radius 2 is 1.87 bits per heavy atom. The molecule has 23 heavy (non-hydrogen) atoms. The molecule has 0 heterocycles. The van der Waals surface area contributed by atoms with E-state index in [4.69, 9.17) is 0 Å². The highest BCUT2D eigenvalue weighted by Crippen LogP contribution is 2.66. The predicted octanol–water partition coefficient (Wildman–Crippen LogP) is 4.44. The molecule has 3 fully saturated rings.